The zero-order valence-corrected chi connectivity index (χ0v) is 12.5. The molecular weight excluding hydrogens is 300 g/mol. The summed E-state index contributed by atoms with van der Waals surface area (Å²) in [6.07, 6.45) is 0. The van der Waals surface area contributed by atoms with E-state index >= 15 is 0 Å². The normalized spacial score (nSPS) is 10.7. The molecule has 3 aromatic rings. The molecule has 0 spiro atoms. The van der Waals surface area contributed by atoms with Gasteiger partial charge in [0.15, 0.2) is 16.8 Å². The van der Waals surface area contributed by atoms with Crippen molar-refractivity contribution in [2.45, 2.75) is 0 Å². The Morgan fingerprint density at radius 1 is 1.00 bits per heavy atom. The molecule has 0 unspecified atom stereocenters. The number of hydrogen-bond donors (Lipinski definition) is 2. The summed E-state index contributed by atoms with van der Waals surface area (Å²) < 4.78 is 16.2. The first kappa shape index (κ1) is 14.8. The summed E-state index contributed by atoms with van der Waals surface area (Å²) in [4.78, 5) is 12.4. The van der Waals surface area contributed by atoms with Gasteiger partial charge in [-0.2, -0.15) is 0 Å². The number of ether oxygens (including phenoxy) is 2. The van der Waals surface area contributed by atoms with Crippen LogP contribution in [0.25, 0.3) is 22.3 Å². The highest BCUT2D eigenvalue weighted by Crippen LogP contribution is 2.40. The third-order valence-corrected chi connectivity index (χ3v) is 3.48. The fourth-order valence-electron chi connectivity index (χ4n) is 2.38. The minimum Gasteiger partial charge on any atom is -0.508 e. The van der Waals surface area contributed by atoms with Crippen LogP contribution in [0.2, 0.25) is 0 Å². The molecule has 1 aromatic heterocycles. The Balaban J connectivity index is 2.36. The van der Waals surface area contributed by atoms with Crippen LogP contribution in [0.5, 0.6) is 23.0 Å². The molecule has 3 rings (SSSR count). The van der Waals surface area contributed by atoms with Gasteiger partial charge in [-0.1, -0.05) is 0 Å². The van der Waals surface area contributed by atoms with Crippen LogP contribution in [0.4, 0.5) is 0 Å². The molecule has 0 fully saturated rings. The first-order valence-corrected chi connectivity index (χ1v) is 6.76. The molecule has 23 heavy (non-hydrogen) atoms. The molecule has 1 heterocycles. The summed E-state index contributed by atoms with van der Waals surface area (Å²) in [7, 11) is 2.84. The molecule has 2 aromatic carbocycles. The van der Waals surface area contributed by atoms with Gasteiger partial charge in [0.1, 0.15) is 22.6 Å². The maximum Gasteiger partial charge on any atom is 0.205 e. The number of phenols is 2. The monoisotopic (exact) mass is 314 g/mol. The molecule has 2 N–H and O–H groups in total. The van der Waals surface area contributed by atoms with Gasteiger partial charge in [0.25, 0.3) is 0 Å². The molecule has 6 nitrogen and oxygen atoms in total. The number of rotatable bonds is 3. The fourth-order valence-corrected chi connectivity index (χ4v) is 2.38. The van der Waals surface area contributed by atoms with Crippen LogP contribution in [0.1, 0.15) is 0 Å². The van der Waals surface area contributed by atoms with E-state index < -0.39 is 5.43 Å². The van der Waals surface area contributed by atoms with Gasteiger partial charge in [0.05, 0.1) is 14.2 Å². The molecule has 0 aliphatic carbocycles. The summed E-state index contributed by atoms with van der Waals surface area (Å²) >= 11 is 0. The molecule has 118 valence electrons. The van der Waals surface area contributed by atoms with Crippen molar-refractivity contribution in [3.05, 3.63) is 46.6 Å². The van der Waals surface area contributed by atoms with Gasteiger partial charge in [-0.15, -0.1) is 0 Å². The minimum absolute atomic E-state index is 0.0187. The first-order valence-electron chi connectivity index (χ1n) is 6.76. The van der Waals surface area contributed by atoms with Gasteiger partial charge in [-0.05, 0) is 24.3 Å². The van der Waals surface area contributed by atoms with Crippen molar-refractivity contribution in [3.63, 3.8) is 0 Å². The second-order valence-electron chi connectivity index (χ2n) is 4.86. The highest BCUT2D eigenvalue weighted by molar-refractivity contribution is 5.91. The van der Waals surface area contributed by atoms with E-state index in [4.69, 9.17) is 13.9 Å². The molecule has 0 bridgehead atoms. The average molecular weight is 314 g/mol. The number of hydrogen-bond acceptors (Lipinski definition) is 6. The predicted octanol–water partition coefficient (Wildman–Crippen LogP) is 2.89. The Bertz CT molecular complexity index is 924. The number of phenolic OH excluding ortho intramolecular Hbond substituents is 2. The Labute approximate surface area is 131 Å². The molecule has 0 saturated heterocycles. The fraction of sp³-hybridized carbons (Fsp3) is 0.118. The zero-order chi connectivity index (χ0) is 16.6. The van der Waals surface area contributed by atoms with Crippen LogP contribution in [0.3, 0.4) is 0 Å². The molecule has 0 saturated carbocycles. The van der Waals surface area contributed by atoms with E-state index in [-0.39, 0.29) is 39.7 Å². The lowest BCUT2D eigenvalue weighted by Gasteiger charge is -2.12. The number of benzene rings is 2. The van der Waals surface area contributed by atoms with E-state index in [1.165, 1.54) is 38.5 Å². The summed E-state index contributed by atoms with van der Waals surface area (Å²) in [6.45, 7) is 0. The molecule has 0 aliphatic rings. The first-order chi connectivity index (χ1) is 11.0. The van der Waals surface area contributed by atoms with E-state index in [0.29, 0.717) is 5.56 Å². The maximum absolute atomic E-state index is 12.4. The molecule has 0 aliphatic heterocycles. The Kier molecular flexibility index (Phi) is 3.57. The van der Waals surface area contributed by atoms with Crippen molar-refractivity contribution in [1.82, 2.24) is 0 Å². The van der Waals surface area contributed by atoms with E-state index in [2.05, 4.69) is 0 Å². The van der Waals surface area contributed by atoms with Crippen molar-refractivity contribution < 1.29 is 24.1 Å². The lowest BCUT2D eigenvalue weighted by Crippen LogP contribution is -2.03. The highest BCUT2D eigenvalue weighted by Gasteiger charge is 2.19. The van der Waals surface area contributed by atoms with Crippen molar-refractivity contribution in [2.24, 2.45) is 0 Å². The van der Waals surface area contributed by atoms with Gasteiger partial charge in [0, 0.05) is 17.7 Å². The van der Waals surface area contributed by atoms with Gasteiger partial charge < -0.3 is 24.1 Å². The van der Waals surface area contributed by atoms with E-state index in [1.807, 2.05) is 0 Å². The van der Waals surface area contributed by atoms with Crippen LogP contribution in [0.15, 0.2) is 45.6 Å². The van der Waals surface area contributed by atoms with Crippen molar-refractivity contribution in [2.75, 3.05) is 14.2 Å². The quantitative estimate of drug-likeness (QED) is 0.772. The Morgan fingerprint density at radius 2 is 1.70 bits per heavy atom. The lowest BCUT2D eigenvalue weighted by molar-refractivity contribution is 0.350. The standard InChI is InChI=1S/C17H14O6/c1-21-14-8-12(20)15-11(19)7-13(23-17(15)16(14)22-2)9-3-5-10(18)6-4-9/h3-8,18,20H,1-2H3. The summed E-state index contributed by atoms with van der Waals surface area (Å²) in [5.41, 5.74) is 0.291. The van der Waals surface area contributed by atoms with Crippen molar-refractivity contribution in [3.8, 4) is 34.3 Å². The number of aromatic hydroxyl groups is 2. The van der Waals surface area contributed by atoms with Crippen molar-refractivity contribution >= 4 is 11.0 Å². The van der Waals surface area contributed by atoms with Crippen molar-refractivity contribution in [1.29, 1.82) is 0 Å². The topological polar surface area (TPSA) is 89.1 Å². The van der Waals surface area contributed by atoms with Crippen LogP contribution in [0, 0.1) is 0 Å². The zero-order valence-electron chi connectivity index (χ0n) is 12.5. The van der Waals surface area contributed by atoms with Gasteiger partial charge in [-0.25, -0.2) is 0 Å². The van der Waals surface area contributed by atoms with Crippen LogP contribution < -0.4 is 14.9 Å². The van der Waals surface area contributed by atoms with Crippen LogP contribution in [-0.4, -0.2) is 24.4 Å². The van der Waals surface area contributed by atoms with E-state index in [0.717, 1.165) is 0 Å². The number of fused-ring (bicyclic) bond motifs is 1. The maximum atomic E-state index is 12.4. The highest BCUT2D eigenvalue weighted by atomic mass is 16.5. The Morgan fingerprint density at radius 3 is 2.30 bits per heavy atom. The Hall–Kier alpha value is -3.15. The molecule has 6 heteroatoms. The smallest absolute Gasteiger partial charge is 0.205 e. The molecule has 0 atom stereocenters. The average Bonchev–Trinajstić information content (AvgIpc) is 2.54. The summed E-state index contributed by atoms with van der Waals surface area (Å²) in [6, 6.07) is 8.79. The van der Waals surface area contributed by atoms with E-state index in [1.54, 1.807) is 12.1 Å². The minimum atomic E-state index is -0.409. The summed E-state index contributed by atoms with van der Waals surface area (Å²) in [5.74, 6) is 0.618. The third kappa shape index (κ3) is 2.44. The van der Waals surface area contributed by atoms with Gasteiger partial charge >= 0.3 is 0 Å². The van der Waals surface area contributed by atoms with Gasteiger partial charge in [0.2, 0.25) is 5.75 Å². The molecule has 0 amide bonds. The summed E-state index contributed by atoms with van der Waals surface area (Å²) in [5, 5.41) is 19.4. The van der Waals surface area contributed by atoms with Gasteiger partial charge in [-0.3, -0.25) is 4.79 Å². The second-order valence-corrected chi connectivity index (χ2v) is 4.86. The second kappa shape index (κ2) is 5.57. The van der Waals surface area contributed by atoms with E-state index in [9.17, 15) is 15.0 Å². The largest absolute Gasteiger partial charge is 0.508 e. The predicted molar refractivity (Wildman–Crippen MR) is 84.4 cm³/mol. The van der Waals surface area contributed by atoms with Crippen LogP contribution in [-0.2, 0) is 0 Å². The SMILES string of the molecule is COc1cc(O)c2c(=O)cc(-c3ccc(O)cc3)oc2c1OC. The van der Waals surface area contributed by atoms with Crippen LogP contribution >= 0.6 is 0 Å². The lowest BCUT2D eigenvalue weighted by atomic mass is 10.1. The third-order valence-electron chi connectivity index (χ3n) is 3.48. The molecular formula is C17H14O6. The number of methoxy groups -OCH3 is 2. The molecule has 0 radical (unpaired) electrons.